The molecule has 0 unspecified atom stereocenters. The molecule has 0 spiro atoms. The van der Waals surface area contributed by atoms with E-state index in [-0.39, 0.29) is 10.7 Å². The minimum atomic E-state index is -4.02. The SMILES string of the molecule is Cc1ccc(S(=O)(=O)O[C@H](C)C(=O)c2ccc(-c3ccc4ccccc4c3)cc2)cc1. The van der Waals surface area contributed by atoms with Gasteiger partial charge in [0, 0.05) is 5.56 Å². The van der Waals surface area contributed by atoms with Crippen LogP contribution in [0.3, 0.4) is 0 Å². The second-order valence-corrected chi connectivity index (χ2v) is 9.08. The Morgan fingerprint density at radius 1 is 0.774 bits per heavy atom. The van der Waals surface area contributed by atoms with Crippen molar-refractivity contribution in [2.75, 3.05) is 0 Å². The lowest BCUT2D eigenvalue weighted by Gasteiger charge is -2.13. The largest absolute Gasteiger partial charge is 0.297 e. The molecule has 1 atom stereocenters. The van der Waals surface area contributed by atoms with Gasteiger partial charge in [0.1, 0.15) is 6.10 Å². The highest BCUT2D eigenvalue weighted by molar-refractivity contribution is 7.86. The first kappa shape index (κ1) is 21.0. The van der Waals surface area contributed by atoms with Crippen LogP contribution in [0.4, 0.5) is 0 Å². The smallest absolute Gasteiger partial charge is 0.291 e. The fraction of sp³-hybridized carbons (Fsp3) is 0.115. The zero-order valence-corrected chi connectivity index (χ0v) is 18.1. The molecular weight excluding hydrogens is 408 g/mol. The number of carbonyl (C=O) groups is 1. The van der Waals surface area contributed by atoms with Gasteiger partial charge >= 0.3 is 0 Å². The van der Waals surface area contributed by atoms with Crippen molar-refractivity contribution in [2.45, 2.75) is 24.8 Å². The van der Waals surface area contributed by atoms with Gasteiger partial charge in [-0.1, -0.05) is 78.4 Å². The molecule has 0 fully saturated rings. The maximum Gasteiger partial charge on any atom is 0.297 e. The fourth-order valence-corrected chi connectivity index (χ4v) is 4.47. The molecule has 0 aliphatic rings. The lowest BCUT2D eigenvalue weighted by Crippen LogP contribution is -2.24. The highest BCUT2D eigenvalue weighted by atomic mass is 32.2. The van der Waals surface area contributed by atoms with Crippen molar-refractivity contribution in [3.05, 3.63) is 102 Å². The van der Waals surface area contributed by atoms with E-state index in [0.29, 0.717) is 5.56 Å². The molecule has 4 rings (SSSR count). The van der Waals surface area contributed by atoms with Gasteiger partial charge in [0.05, 0.1) is 4.90 Å². The first-order chi connectivity index (χ1) is 14.8. The van der Waals surface area contributed by atoms with Gasteiger partial charge in [-0.25, -0.2) is 0 Å². The Morgan fingerprint density at radius 3 is 2.06 bits per heavy atom. The van der Waals surface area contributed by atoms with Crippen molar-refractivity contribution in [3.63, 3.8) is 0 Å². The van der Waals surface area contributed by atoms with Gasteiger partial charge in [0.15, 0.2) is 5.78 Å². The molecule has 0 N–H and O–H groups in total. The van der Waals surface area contributed by atoms with Gasteiger partial charge in [-0.2, -0.15) is 8.42 Å². The van der Waals surface area contributed by atoms with Crippen LogP contribution in [0.25, 0.3) is 21.9 Å². The number of carbonyl (C=O) groups excluding carboxylic acids is 1. The van der Waals surface area contributed by atoms with Crippen LogP contribution in [0, 0.1) is 6.92 Å². The monoisotopic (exact) mass is 430 g/mol. The highest BCUT2D eigenvalue weighted by Crippen LogP contribution is 2.25. The Balaban J connectivity index is 1.51. The van der Waals surface area contributed by atoms with Crippen molar-refractivity contribution in [2.24, 2.45) is 0 Å². The van der Waals surface area contributed by atoms with Crippen LogP contribution >= 0.6 is 0 Å². The third-order valence-corrected chi connectivity index (χ3v) is 6.59. The predicted octanol–water partition coefficient (Wildman–Crippen LogP) is 5.79. The quantitative estimate of drug-likeness (QED) is 0.287. The number of rotatable bonds is 6. The summed E-state index contributed by atoms with van der Waals surface area (Å²) >= 11 is 0. The van der Waals surface area contributed by atoms with Crippen molar-refractivity contribution < 1.29 is 17.4 Å². The number of ketones is 1. The van der Waals surface area contributed by atoms with Crippen LogP contribution < -0.4 is 0 Å². The van der Waals surface area contributed by atoms with Crippen molar-refractivity contribution in [1.82, 2.24) is 0 Å². The maximum absolute atomic E-state index is 12.7. The molecule has 0 heterocycles. The summed E-state index contributed by atoms with van der Waals surface area (Å²) in [7, 11) is -4.02. The minimum Gasteiger partial charge on any atom is -0.291 e. The minimum absolute atomic E-state index is 0.0319. The summed E-state index contributed by atoms with van der Waals surface area (Å²) in [6, 6.07) is 27.8. The number of aryl methyl sites for hydroxylation is 1. The van der Waals surface area contributed by atoms with Crippen LogP contribution in [0.2, 0.25) is 0 Å². The molecule has 0 radical (unpaired) electrons. The number of Topliss-reactive ketones (excluding diaryl/α,β-unsaturated/α-hetero) is 1. The average Bonchev–Trinajstić information content (AvgIpc) is 2.78. The molecule has 0 aliphatic heterocycles. The fourth-order valence-electron chi connectivity index (χ4n) is 3.42. The highest BCUT2D eigenvalue weighted by Gasteiger charge is 2.24. The summed E-state index contributed by atoms with van der Waals surface area (Å²) in [5, 5.41) is 2.31. The van der Waals surface area contributed by atoms with Crippen molar-refractivity contribution in [3.8, 4) is 11.1 Å². The number of benzene rings is 4. The number of fused-ring (bicyclic) bond motifs is 1. The van der Waals surface area contributed by atoms with Gasteiger partial charge in [0.2, 0.25) is 0 Å². The van der Waals surface area contributed by atoms with E-state index in [9.17, 15) is 13.2 Å². The maximum atomic E-state index is 12.7. The van der Waals surface area contributed by atoms with E-state index in [1.165, 1.54) is 24.4 Å². The molecule has 5 heteroatoms. The Bertz CT molecular complexity index is 1340. The average molecular weight is 431 g/mol. The normalized spacial score (nSPS) is 12.6. The number of hydrogen-bond donors (Lipinski definition) is 0. The Labute approximate surface area is 182 Å². The Morgan fingerprint density at radius 2 is 1.39 bits per heavy atom. The summed E-state index contributed by atoms with van der Waals surface area (Å²) in [4.78, 5) is 12.8. The van der Waals surface area contributed by atoms with Crippen LogP contribution in [0.1, 0.15) is 22.8 Å². The van der Waals surface area contributed by atoms with E-state index in [1.54, 1.807) is 24.3 Å². The van der Waals surface area contributed by atoms with Gasteiger partial charge in [0.25, 0.3) is 10.1 Å². The molecule has 156 valence electrons. The molecule has 0 saturated heterocycles. The lowest BCUT2D eigenvalue weighted by atomic mass is 9.99. The van der Waals surface area contributed by atoms with E-state index in [0.717, 1.165) is 22.1 Å². The van der Waals surface area contributed by atoms with Gasteiger partial charge in [-0.15, -0.1) is 0 Å². The van der Waals surface area contributed by atoms with Crippen LogP contribution in [-0.2, 0) is 14.3 Å². The zero-order valence-electron chi connectivity index (χ0n) is 17.3. The Kier molecular flexibility index (Phi) is 5.72. The van der Waals surface area contributed by atoms with E-state index in [4.69, 9.17) is 4.18 Å². The summed E-state index contributed by atoms with van der Waals surface area (Å²) in [5.41, 5.74) is 3.36. The summed E-state index contributed by atoms with van der Waals surface area (Å²) in [6.45, 7) is 3.32. The number of hydrogen-bond acceptors (Lipinski definition) is 4. The van der Waals surface area contributed by atoms with E-state index in [2.05, 4.69) is 24.3 Å². The van der Waals surface area contributed by atoms with Crippen LogP contribution in [0.15, 0.2) is 95.9 Å². The second-order valence-electron chi connectivity index (χ2n) is 7.51. The van der Waals surface area contributed by atoms with Gasteiger partial charge in [-0.3, -0.25) is 8.98 Å². The molecule has 0 amide bonds. The molecule has 31 heavy (non-hydrogen) atoms. The van der Waals surface area contributed by atoms with E-state index in [1.807, 2.05) is 37.3 Å². The van der Waals surface area contributed by atoms with Crippen LogP contribution in [0.5, 0.6) is 0 Å². The van der Waals surface area contributed by atoms with E-state index < -0.39 is 16.2 Å². The molecule has 4 aromatic rings. The summed E-state index contributed by atoms with van der Waals surface area (Å²) < 4.78 is 30.1. The van der Waals surface area contributed by atoms with Crippen molar-refractivity contribution >= 4 is 26.7 Å². The molecule has 0 bridgehead atoms. The molecule has 0 saturated carbocycles. The third kappa shape index (κ3) is 4.58. The van der Waals surface area contributed by atoms with E-state index >= 15 is 0 Å². The molecule has 0 aromatic heterocycles. The van der Waals surface area contributed by atoms with Gasteiger partial charge in [-0.05, 0) is 53.9 Å². The molecule has 4 aromatic carbocycles. The predicted molar refractivity (Wildman–Crippen MR) is 123 cm³/mol. The zero-order chi connectivity index (χ0) is 22.0. The summed E-state index contributed by atoms with van der Waals surface area (Å²) in [6.07, 6.45) is -1.13. The lowest BCUT2D eigenvalue weighted by molar-refractivity contribution is 0.0826. The van der Waals surface area contributed by atoms with Crippen LogP contribution in [-0.4, -0.2) is 20.3 Å². The first-order valence-electron chi connectivity index (χ1n) is 9.97. The van der Waals surface area contributed by atoms with Crippen molar-refractivity contribution in [1.29, 1.82) is 0 Å². The molecular formula is C26H22O4S. The second kappa shape index (κ2) is 8.46. The topological polar surface area (TPSA) is 60.4 Å². The standard InChI is InChI=1S/C26H22O4S/c1-18-7-15-25(16-8-18)31(28,29)30-19(2)26(27)22-12-9-21(10-13-22)24-14-11-20-5-3-4-6-23(20)17-24/h3-17,19H,1-2H3/t19-/m1/s1. The molecule has 4 nitrogen and oxygen atoms in total. The first-order valence-corrected chi connectivity index (χ1v) is 11.4. The molecule has 0 aliphatic carbocycles. The third-order valence-electron chi connectivity index (χ3n) is 5.20. The summed E-state index contributed by atoms with van der Waals surface area (Å²) in [5.74, 6) is -0.388. The van der Waals surface area contributed by atoms with Gasteiger partial charge < -0.3 is 0 Å². The Hall–Kier alpha value is -3.28.